The van der Waals surface area contributed by atoms with Crippen LogP contribution < -0.4 is 9.64 Å². The maximum absolute atomic E-state index is 11.8. The van der Waals surface area contributed by atoms with Gasteiger partial charge >= 0.3 is 0 Å². The lowest BCUT2D eigenvalue weighted by molar-refractivity contribution is -0.127. The molecule has 1 amide bonds. The van der Waals surface area contributed by atoms with E-state index in [2.05, 4.69) is 9.80 Å². The minimum absolute atomic E-state index is 0.0627. The van der Waals surface area contributed by atoms with Crippen LogP contribution in [0.15, 0.2) is 18.2 Å². The van der Waals surface area contributed by atoms with E-state index in [-0.39, 0.29) is 18.3 Å². The second-order valence-electron chi connectivity index (χ2n) is 6.13. The summed E-state index contributed by atoms with van der Waals surface area (Å²) in [6.07, 6.45) is 0. The van der Waals surface area contributed by atoms with Gasteiger partial charge in [0.2, 0.25) is 11.7 Å². The van der Waals surface area contributed by atoms with Crippen molar-refractivity contribution >= 4 is 17.4 Å². The molecule has 0 aromatic heterocycles. The fraction of sp³-hybridized carbons (Fsp3) is 0.529. The predicted octanol–water partition coefficient (Wildman–Crippen LogP) is 0.862. The molecule has 0 N–H and O–H groups in total. The highest BCUT2D eigenvalue weighted by Crippen LogP contribution is 2.36. The van der Waals surface area contributed by atoms with Gasteiger partial charge in [0.15, 0.2) is 12.4 Å². The first-order valence-corrected chi connectivity index (χ1v) is 8.04. The standard InChI is InChI=1S/C17H23N3O3/c1-13(21)18(2)6-7-19-8-10-20(11-9-19)15-5-3-4-14-16(22)12-23-17(14)15/h3-5H,6-12H2,1-2H3. The molecule has 1 aromatic rings. The number of ketones is 1. The van der Waals surface area contributed by atoms with Crippen LogP contribution >= 0.6 is 0 Å². The van der Waals surface area contributed by atoms with Gasteiger partial charge in [0.1, 0.15) is 0 Å². The summed E-state index contributed by atoms with van der Waals surface area (Å²) in [4.78, 5) is 29.4. The van der Waals surface area contributed by atoms with Crippen LogP contribution in [-0.4, -0.2) is 74.4 Å². The van der Waals surface area contributed by atoms with Crippen molar-refractivity contribution in [1.82, 2.24) is 9.80 Å². The van der Waals surface area contributed by atoms with Crippen molar-refractivity contribution in [2.75, 3.05) is 57.8 Å². The molecule has 2 aliphatic rings. The molecule has 1 fully saturated rings. The Morgan fingerprint density at radius 1 is 1.26 bits per heavy atom. The van der Waals surface area contributed by atoms with Crippen LogP contribution in [0.2, 0.25) is 0 Å². The van der Waals surface area contributed by atoms with E-state index in [1.807, 2.05) is 25.2 Å². The molecule has 0 radical (unpaired) electrons. The third kappa shape index (κ3) is 3.32. The quantitative estimate of drug-likeness (QED) is 0.824. The predicted molar refractivity (Wildman–Crippen MR) is 88.2 cm³/mol. The molecule has 6 nitrogen and oxygen atoms in total. The van der Waals surface area contributed by atoms with Gasteiger partial charge in [-0.3, -0.25) is 14.5 Å². The number of amides is 1. The van der Waals surface area contributed by atoms with Crippen molar-refractivity contribution in [3.05, 3.63) is 23.8 Å². The monoisotopic (exact) mass is 317 g/mol. The smallest absolute Gasteiger partial charge is 0.219 e. The van der Waals surface area contributed by atoms with Crippen LogP contribution in [0, 0.1) is 0 Å². The van der Waals surface area contributed by atoms with Crippen LogP contribution in [-0.2, 0) is 4.79 Å². The Morgan fingerprint density at radius 3 is 2.70 bits per heavy atom. The Hall–Kier alpha value is -2.08. The van der Waals surface area contributed by atoms with Crippen molar-refractivity contribution in [2.45, 2.75) is 6.92 Å². The maximum Gasteiger partial charge on any atom is 0.219 e. The number of nitrogens with zero attached hydrogens (tertiary/aromatic N) is 3. The van der Waals surface area contributed by atoms with E-state index >= 15 is 0 Å². The van der Waals surface area contributed by atoms with Gasteiger partial charge in [-0.2, -0.15) is 0 Å². The second kappa shape index (κ2) is 6.58. The summed E-state index contributed by atoms with van der Waals surface area (Å²) in [5.41, 5.74) is 1.72. The van der Waals surface area contributed by atoms with E-state index in [0.29, 0.717) is 5.56 Å². The SMILES string of the molecule is CC(=O)N(C)CCN1CCN(c2cccc3c2OCC3=O)CC1. The maximum atomic E-state index is 11.8. The molecular formula is C17H23N3O3. The topological polar surface area (TPSA) is 53.1 Å². The summed E-state index contributed by atoms with van der Waals surface area (Å²) in [6, 6.07) is 5.79. The van der Waals surface area contributed by atoms with Gasteiger partial charge in [0.05, 0.1) is 11.3 Å². The van der Waals surface area contributed by atoms with Gasteiger partial charge in [-0.25, -0.2) is 0 Å². The summed E-state index contributed by atoms with van der Waals surface area (Å²) in [5, 5.41) is 0. The normalized spacial score (nSPS) is 17.8. The van der Waals surface area contributed by atoms with Crippen LogP contribution in [0.1, 0.15) is 17.3 Å². The molecule has 6 heteroatoms. The third-order valence-electron chi connectivity index (χ3n) is 4.64. The molecule has 1 saturated heterocycles. The van der Waals surface area contributed by atoms with Crippen molar-refractivity contribution in [1.29, 1.82) is 0 Å². The van der Waals surface area contributed by atoms with Crippen LogP contribution in [0.5, 0.6) is 5.75 Å². The number of rotatable bonds is 4. The van der Waals surface area contributed by atoms with Gasteiger partial charge in [-0.05, 0) is 12.1 Å². The minimum atomic E-state index is 0.0627. The van der Waals surface area contributed by atoms with Gasteiger partial charge < -0.3 is 14.5 Å². The molecule has 0 spiro atoms. The van der Waals surface area contributed by atoms with Crippen LogP contribution in [0.25, 0.3) is 0 Å². The minimum Gasteiger partial charge on any atom is -0.482 e. The molecule has 124 valence electrons. The molecule has 0 aliphatic carbocycles. The van der Waals surface area contributed by atoms with Crippen molar-refractivity contribution in [3.63, 3.8) is 0 Å². The molecule has 0 saturated carbocycles. The first kappa shape index (κ1) is 15.8. The van der Waals surface area contributed by atoms with E-state index in [0.717, 1.165) is 50.7 Å². The molecule has 0 atom stereocenters. The van der Waals surface area contributed by atoms with Crippen molar-refractivity contribution < 1.29 is 14.3 Å². The first-order valence-electron chi connectivity index (χ1n) is 8.04. The average Bonchev–Trinajstić information content (AvgIpc) is 2.94. The number of para-hydroxylation sites is 1. The Kier molecular flexibility index (Phi) is 4.52. The highest BCUT2D eigenvalue weighted by Gasteiger charge is 2.27. The van der Waals surface area contributed by atoms with Gasteiger partial charge in [0.25, 0.3) is 0 Å². The summed E-state index contributed by atoms with van der Waals surface area (Å²) in [7, 11) is 1.83. The lowest BCUT2D eigenvalue weighted by Crippen LogP contribution is -2.48. The highest BCUT2D eigenvalue weighted by atomic mass is 16.5. The lowest BCUT2D eigenvalue weighted by Gasteiger charge is -2.37. The number of carbonyl (C=O) groups excluding carboxylic acids is 2. The van der Waals surface area contributed by atoms with Gasteiger partial charge in [-0.1, -0.05) is 6.07 Å². The van der Waals surface area contributed by atoms with Crippen LogP contribution in [0.4, 0.5) is 5.69 Å². The van der Waals surface area contributed by atoms with E-state index < -0.39 is 0 Å². The number of likely N-dealkylation sites (N-methyl/N-ethyl adjacent to an activating group) is 1. The highest BCUT2D eigenvalue weighted by molar-refractivity contribution is 6.04. The molecule has 1 aromatic carbocycles. The number of carbonyl (C=O) groups is 2. The number of hydrogen-bond acceptors (Lipinski definition) is 5. The van der Waals surface area contributed by atoms with E-state index in [4.69, 9.17) is 4.74 Å². The van der Waals surface area contributed by atoms with E-state index in [1.165, 1.54) is 0 Å². The Labute approximate surface area is 136 Å². The summed E-state index contributed by atoms with van der Waals surface area (Å²) < 4.78 is 5.58. The van der Waals surface area contributed by atoms with E-state index in [9.17, 15) is 9.59 Å². The number of ether oxygens (including phenoxy) is 1. The zero-order chi connectivity index (χ0) is 16.4. The van der Waals surface area contributed by atoms with Gasteiger partial charge in [0, 0.05) is 53.2 Å². The summed E-state index contributed by atoms with van der Waals surface area (Å²) in [6.45, 7) is 7.10. The number of Topliss-reactive ketones (excluding diaryl/α,β-unsaturated/α-hetero) is 1. The lowest BCUT2D eigenvalue weighted by atomic mass is 10.1. The second-order valence-corrected chi connectivity index (χ2v) is 6.13. The molecule has 3 rings (SSSR count). The Bertz CT molecular complexity index is 609. The van der Waals surface area contributed by atoms with Gasteiger partial charge in [-0.15, -0.1) is 0 Å². The number of hydrogen-bond donors (Lipinski definition) is 0. The molecule has 0 bridgehead atoms. The Balaban J connectivity index is 1.58. The number of benzene rings is 1. The molecule has 2 aliphatic heterocycles. The average molecular weight is 317 g/mol. The van der Waals surface area contributed by atoms with Crippen molar-refractivity contribution in [2.24, 2.45) is 0 Å². The Morgan fingerprint density at radius 2 is 2.00 bits per heavy atom. The molecular weight excluding hydrogens is 294 g/mol. The third-order valence-corrected chi connectivity index (χ3v) is 4.64. The molecule has 0 unspecified atom stereocenters. The molecule has 2 heterocycles. The largest absolute Gasteiger partial charge is 0.482 e. The van der Waals surface area contributed by atoms with Crippen LogP contribution in [0.3, 0.4) is 0 Å². The first-order chi connectivity index (χ1) is 11.1. The summed E-state index contributed by atoms with van der Waals surface area (Å²) >= 11 is 0. The zero-order valence-electron chi connectivity index (χ0n) is 13.7. The van der Waals surface area contributed by atoms with E-state index in [1.54, 1.807) is 11.8 Å². The number of anilines is 1. The summed E-state index contributed by atoms with van der Waals surface area (Å²) in [5.74, 6) is 0.903. The van der Waals surface area contributed by atoms with Crippen molar-refractivity contribution in [3.8, 4) is 5.75 Å². The molecule has 23 heavy (non-hydrogen) atoms. The fourth-order valence-electron chi connectivity index (χ4n) is 3.02. The number of fused-ring (bicyclic) bond motifs is 1. The zero-order valence-corrected chi connectivity index (χ0v) is 13.7. The fourth-order valence-corrected chi connectivity index (χ4v) is 3.02. The number of piperazine rings is 1.